The molecule has 4 heteroatoms. The van der Waals surface area contributed by atoms with Crippen molar-refractivity contribution in [2.75, 3.05) is 18.5 Å². The molecule has 0 saturated heterocycles. The molecule has 2 rings (SSSR count). The summed E-state index contributed by atoms with van der Waals surface area (Å²) in [6.45, 7) is 1.04. The standard InChI is InChI=1S/C8H10ClN3/c1-12-4-2-3-6-7(12)8(9)11-5-10-6/h5H,2-4H2,1H3. The third-order valence-electron chi connectivity index (χ3n) is 2.14. The molecule has 1 aliphatic rings. The maximum Gasteiger partial charge on any atom is 0.156 e. The van der Waals surface area contributed by atoms with E-state index in [1.54, 1.807) is 0 Å². The lowest BCUT2D eigenvalue weighted by Gasteiger charge is -2.26. The maximum atomic E-state index is 5.94. The average Bonchev–Trinajstić information content (AvgIpc) is 2.04. The minimum atomic E-state index is 0.571. The van der Waals surface area contributed by atoms with Crippen molar-refractivity contribution in [3.05, 3.63) is 17.2 Å². The Kier molecular flexibility index (Phi) is 1.89. The van der Waals surface area contributed by atoms with Crippen LogP contribution in [0.2, 0.25) is 5.15 Å². The summed E-state index contributed by atoms with van der Waals surface area (Å²) in [5.74, 6) is 0. The summed E-state index contributed by atoms with van der Waals surface area (Å²) in [5, 5.41) is 0.571. The number of nitrogens with zero attached hydrogens (tertiary/aromatic N) is 3. The molecule has 1 aromatic heterocycles. The van der Waals surface area contributed by atoms with Crippen molar-refractivity contribution in [3.8, 4) is 0 Å². The van der Waals surface area contributed by atoms with Gasteiger partial charge in [-0.1, -0.05) is 11.6 Å². The smallest absolute Gasteiger partial charge is 0.156 e. The Bertz CT molecular complexity index is 300. The highest BCUT2D eigenvalue weighted by molar-refractivity contribution is 6.32. The molecule has 0 aromatic carbocycles. The Hall–Kier alpha value is -0.830. The number of rotatable bonds is 0. The molecule has 0 aliphatic carbocycles. The van der Waals surface area contributed by atoms with Gasteiger partial charge in [0.2, 0.25) is 0 Å². The van der Waals surface area contributed by atoms with E-state index >= 15 is 0 Å². The molecule has 1 aromatic rings. The quantitative estimate of drug-likeness (QED) is 0.571. The van der Waals surface area contributed by atoms with Crippen molar-refractivity contribution < 1.29 is 0 Å². The van der Waals surface area contributed by atoms with Gasteiger partial charge in [-0.05, 0) is 12.8 Å². The van der Waals surface area contributed by atoms with E-state index in [2.05, 4.69) is 14.9 Å². The lowest BCUT2D eigenvalue weighted by Crippen LogP contribution is -2.26. The molecule has 0 radical (unpaired) electrons. The average molecular weight is 184 g/mol. The van der Waals surface area contributed by atoms with Gasteiger partial charge in [-0.25, -0.2) is 9.97 Å². The van der Waals surface area contributed by atoms with E-state index < -0.39 is 0 Å². The van der Waals surface area contributed by atoms with Crippen LogP contribution in [-0.2, 0) is 6.42 Å². The van der Waals surface area contributed by atoms with Crippen molar-refractivity contribution in [2.45, 2.75) is 12.8 Å². The fourth-order valence-electron chi connectivity index (χ4n) is 1.55. The second kappa shape index (κ2) is 2.90. The van der Waals surface area contributed by atoms with E-state index in [4.69, 9.17) is 11.6 Å². The second-order valence-electron chi connectivity index (χ2n) is 2.98. The van der Waals surface area contributed by atoms with Gasteiger partial charge in [0.05, 0.1) is 11.4 Å². The van der Waals surface area contributed by atoms with E-state index in [1.807, 2.05) is 7.05 Å². The molecule has 64 valence electrons. The lowest BCUT2D eigenvalue weighted by molar-refractivity contribution is 0.719. The molecule has 0 spiro atoms. The summed E-state index contributed by atoms with van der Waals surface area (Å²) in [6, 6.07) is 0. The monoisotopic (exact) mass is 183 g/mol. The summed E-state index contributed by atoms with van der Waals surface area (Å²) < 4.78 is 0. The molecule has 2 heterocycles. The first-order valence-corrected chi connectivity index (χ1v) is 4.37. The van der Waals surface area contributed by atoms with Crippen molar-refractivity contribution in [2.24, 2.45) is 0 Å². The zero-order valence-electron chi connectivity index (χ0n) is 6.92. The lowest BCUT2D eigenvalue weighted by atomic mass is 10.1. The fraction of sp³-hybridized carbons (Fsp3) is 0.500. The highest BCUT2D eigenvalue weighted by Gasteiger charge is 2.17. The van der Waals surface area contributed by atoms with Crippen molar-refractivity contribution in [1.82, 2.24) is 9.97 Å². The van der Waals surface area contributed by atoms with E-state index in [1.165, 1.54) is 6.33 Å². The number of hydrogen-bond donors (Lipinski definition) is 0. The minimum absolute atomic E-state index is 0.571. The number of aromatic nitrogens is 2. The van der Waals surface area contributed by atoms with Crippen molar-refractivity contribution >= 4 is 17.3 Å². The molecule has 3 nitrogen and oxygen atoms in total. The van der Waals surface area contributed by atoms with Crippen LogP contribution in [0.4, 0.5) is 5.69 Å². The molecule has 0 amide bonds. The molecule has 0 N–H and O–H groups in total. The van der Waals surface area contributed by atoms with Crippen LogP contribution >= 0.6 is 11.6 Å². The summed E-state index contributed by atoms with van der Waals surface area (Å²) >= 11 is 5.94. The van der Waals surface area contributed by atoms with Crippen LogP contribution in [0.15, 0.2) is 6.33 Å². The van der Waals surface area contributed by atoms with Gasteiger partial charge in [0.15, 0.2) is 5.15 Å². The maximum absolute atomic E-state index is 5.94. The predicted molar refractivity (Wildman–Crippen MR) is 48.6 cm³/mol. The number of anilines is 1. The highest BCUT2D eigenvalue weighted by atomic mass is 35.5. The first kappa shape index (κ1) is 7.80. The first-order chi connectivity index (χ1) is 5.79. The third kappa shape index (κ3) is 1.14. The molecule has 0 fully saturated rings. The summed E-state index contributed by atoms with van der Waals surface area (Å²) in [4.78, 5) is 10.3. The Morgan fingerprint density at radius 3 is 3.08 bits per heavy atom. The fourth-order valence-corrected chi connectivity index (χ4v) is 1.84. The second-order valence-corrected chi connectivity index (χ2v) is 3.34. The number of hydrogen-bond acceptors (Lipinski definition) is 3. The van der Waals surface area contributed by atoms with Gasteiger partial charge >= 0.3 is 0 Å². The molecule has 0 saturated carbocycles. The molecular formula is C8H10ClN3. The van der Waals surface area contributed by atoms with Crippen LogP contribution in [0.3, 0.4) is 0 Å². The molecule has 12 heavy (non-hydrogen) atoms. The third-order valence-corrected chi connectivity index (χ3v) is 2.42. The topological polar surface area (TPSA) is 29.0 Å². The number of aryl methyl sites for hydroxylation is 1. The summed E-state index contributed by atoms with van der Waals surface area (Å²) in [5.41, 5.74) is 2.08. The zero-order valence-corrected chi connectivity index (χ0v) is 7.67. The summed E-state index contributed by atoms with van der Waals surface area (Å²) in [6.07, 6.45) is 3.69. The largest absolute Gasteiger partial charge is 0.371 e. The van der Waals surface area contributed by atoms with Gasteiger partial charge in [-0.3, -0.25) is 0 Å². The van der Waals surface area contributed by atoms with E-state index in [0.717, 1.165) is 30.8 Å². The number of halogens is 1. The Balaban J connectivity index is 2.53. The molecule has 1 aliphatic heterocycles. The van der Waals surface area contributed by atoms with E-state index in [-0.39, 0.29) is 0 Å². The molecule has 0 atom stereocenters. The molecule has 0 unspecified atom stereocenters. The first-order valence-electron chi connectivity index (χ1n) is 3.99. The molecule has 0 bridgehead atoms. The van der Waals surface area contributed by atoms with E-state index in [9.17, 15) is 0 Å². The van der Waals surface area contributed by atoms with E-state index in [0.29, 0.717) is 5.15 Å². The van der Waals surface area contributed by atoms with Crippen LogP contribution in [0.1, 0.15) is 12.1 Å². The van der Waals surface area contributed by atoms with Gasteiger partial charge in [0.25, 0.3) is 0 Å². The summed E-state index contributed by atoms with van der Waals surface area (Å²) in [7, 11) is 2.02. The van der Waals surface area contributed by atoms with Crippen LogP contribution < -0.4 is 4.90 Å². The predicted octanol–water partition coefficient (Wildman–Crippen LogP) is 1.51. The van der Waals surface area contributed by atoms with Gasteiger partial charge in [-0.15, -0.1) is 0 Å². The van der Waals surface area contributed by atoms with Gasteiger partial charge in [0.1, 0.15) is 6.33 Å². The Morgan fingerprint density at radius 1 is 1.50 bits per heavy atom. The SMILES string of the molecule is CN1CCCc2ncnc(Cl)c21. The minimum Gasteiger partial charge on any atom is -0.371 e. The van der Waals surface area contributed by atoms with Crippen molar-refractivity contribution in [1.29, 1.82) is 0 Å². The van der Waals surface area contributed by atoms with Crippen LogP contribution in [0.5, 0.6) is 0 Å². The highest BCUT2D eigenvalue weighted by Crippen LogP contribution is 2.29. The van der Waals surface area contributed by atoms with Crippen LogP contribution in [-0.4, -0.2) is 23.6 Å². The normalized spacial score (nSPS) is 16.0. The number of fused-ring (bicyclic) bond motifs is 1. The van der Waals surface area contributed by atoms with Gasteiger partial charge < -0.3 is 4.90 Å². The zero-order chi connectivity index (χ0) is 8.55. The molecular weight excluding hydrogens is 174 g/mol. The Morgan fingerprint density at radius 2 is 2.33 bits per heavy atom. The van der Waals surface area contributed by atoms with Gasteiger partial charge in [-0.2, -0.15) is 0 Å². The Labute approximate surface area is 76.4 Å². The van der Waals surface area contributed by atoms with Crippen molar-refractivity contribution in [3.63, 3.8) is 0 Å². The van der Waals surface area contributed by atoms with Gasteiger partial charge in [0, 0.05) is 13.6 Å². The van der Waals surface area contributed by atoms with Crippen LogP contribution in [0.25, 0.3) is 0 Å². The van der Waals surface area contributed by atoms with Crippen LogP contribution in [0, 0.1) is 0 Å².